The Kier molecular flexibility index (Phi) is 2.98. The van der Waals surface area contributed by atoms with Crippen LogP contribution in [0.2, 0.25) is 0 Å². The molecular formula is C10H19N. The van der Waals surface area contributed by atoms with Crippen LogP contribution in [0.1, 0.15) is 39.5 Å². The number of hydrogen-bond acceptors (Lipinski definition) is 1. The Morgan fingerprint density at radius 2 is 2.27 bits per heavy atom. The van der Waals surface area contributed by atoms with Crippen molar-refractivity contribution in [1.82, 2.24) is 5.32 Å². The highest BCUT2D eigenvalue weighted by atomic mass is 14.9. The van der Waals surface area contributed by atoms with Crippen molar-refractivity contribution < 1.29 is 0 Å². The fourth-order valence-electron chi connectivity index (χ4n) is 1.73. The van der Waals surface area contributed by atoms with Crippen LogP contribution in [0.15, 0.2) is 12.3 Å². The molecule has 0 aromatic rings. The molecule has 0 aromatic carbocycles. The van der Waals surface area contributed by atoms with Crippen molar-refractivity contribution in [2.75, 3.05) is 0 Å². The molecule has 1 N–H and O–H groups in total. The summed E-state index contributed by atoms with van der Waals surface area (Å²) in [6.07, 6.45) is 5.11. The molecule has 2 unspecified atom stereocenters. The molecule has 2 atom stereocenters. The average Bonchev–Trinajstić information content (AvgIpc) is 2.35. The Morgan fingerprint density at radius 3 is 2.73 bits per heavy atom. The molecule has 0 radical (unpaired) electrons. The van der Waals surface area contributed by atoms with E-state index in [9.17, 15) is 0 Å². The number of allylic oxidation sites excluding steroid dienone is 1. The summed E-state index contributed by atoms with van der Waals surface area (Å²) in [7, 11) is 0. The minimum absolute atomic E-state index is 0.720. The van der Waals surface area contributed by atoms with Crippen LogP contribution < -0.4 is 5.32 Å². The fraction of sp³-hybridized carbons (Fsp3) is 0.800. The molecule has 0 aromatic heterocycles. The van der Waals surface area contributed by atoms with Crippen LogP contribution in [0, 0.1) is 5.92 Å². The van der Waals surface area contributed by atoms with Gasteiger partial charge >= 0.3 is 0 Å². The number of hydrogen-bond donors (Lipinski definition) is 1. The zero-order valence-corrected chi connectivity index (χ0v) is 7.69. The van der Waals surface area contributed by atoms with E-state index in [2.05, 4.69) is 25.7 Å². The lowest BCUT2D eigenvalue weighted by Crippen LogP contribution is -2.24. The highest BCUT2D eigenvalue weighted by molar-refractivity contribution is 4.94. The normalized spacial score (nSPS) is 30.4. The molecule has 1 fully saturated rings. The van der Waals surface area contributed by atoms with Gasteiger partial charge in [-0.05, 0) is 31.6 Å². The van der Waals surface area contributed by atoms with Crippen LogP contribution in [-0.2, 0) is 0 Å². The Hall–Kier alpha value is -0.460. The van der Waals surface area contributed by atoms with Gasteiger partial charge in [0.25, 0.3) is 0 Å². The van der Waals surface area contributed by atoms with Gasteiger partial charge in [-0.2, -0.15) is 0 Å². The maximum absolute atomic E-state index is 3.95. The molecule has 11 heavy (non-hydrogen) atoms. The SMILES string of the molecule is C=C(CC)NC1CCC(C)C1. The van der Waals surface area contributed by atoms with Crippen molar-refractivity contribution in [1.29, 1.82) is 0 Å². The van der Waals surface area contributed by atoms with Crippen LogP contribution in [0.4, 0.5) is 0 Å². The number of nitrogens with one attached hydrogen (secondary N) is 1. The van der Waals surface area contributed by atoms with Crippen molar-refractivity contribution in [2.45, 2.75) is 45.6 Å². The quantitative estimate of drug-likeness (QED) is 0.657. The van der Waals surface area contributed by atoms with Crippen molar-refractivity contribution in [3.63, 3.8) is 0 Å². The first-order chi connectivity index (χ1) is 5.22. The van der Waals surface area contributed by atoms with E-state index in [0.717, 1.165) is 18.4 Å². The van der Waals surface area contributed by atoms with E-state index >= 15 is 0 Å². The molecule has 1 saturated carbocycles. The molecule has 0 aliphatic heterocycles. The monoisotopic (exact) mass is 153 g/mol. The lowest BCUT2D eigenvalue weighted by molar-refractivity contribution is 0.540. The molecular weight excluding hydrogens is 134 g/mol. The summed E-state index contributed by atoms with van der Waals surface area (Å²) in [6.45, 7) is 8.43. The molecule has 0 spiro atoms. The maximum Gasteiger partial charge on any atom is 0.0260 e. The van der Waals surface area contributed by atoms with E-state index in [1.807, 2.05) is 0 Å². The van der Waals surface area contributed by atoms with E-state index in [-0.39, 0.29) is 0 Å². The van der Waals surface area contributed by atoms with Gasteiger partial charge in [0.05, 0.1) is 0 Å². The van der Waals surface area contributed by atoms with Gasteiger partial charge < -0.3 is 5.32 Å². The Labute approximate surface area is 69.9 Å². The van der Waals surface area contributed by atoms with Gasteiger partial charge in [0.1, 0.15) is 0 Å². The van der Waals surface area contributed by atoms with E-state index in [0.29, 0.717) is 0 Å². The molecule has 0 heterocycles. The fourth-order valence-corrected chi connectivity index (χ4v) is 1.73. The second-order valence-electron chi connectivity index (χ2n) is 3.72. The van der Waals surface area contributed by atoms with Crippen molar-refractivity contribution in [3.8, 4) is 0 Å². The summed E-state index contributed by atoms with van der Waals surface area (Å²) in [5.41, 5.74) is 1.20. The van der Waals surface area contributed by atoms with Crippen molar-refractivity contribution in [2.24, 2.45) is 5.92 Å². The van der Waals surface area contributed by atoms with Gasteiger partial charge in [0.2, 0.25) is 0 Å². The third-order valence-electron chi connectivity index (χ3n) is 2.53. The van der Waals surface area contributed by atoms with Crippen LogP contribution in [-0.4, -0.2) is 6.04 Å². The Morgan fingerprint density at radius 1 is 1.55 bits per heavy atom. The summed E-state index contributed by atoms with van der Waals surface area (Å²) >= 11 is 0. The predicted octanol–water partition coefficient (Wildman–Crippen LogP) is 2.69. The highest BCUT2D eigenvalue weighted by Crippen LogP contribution is 2.25. The van der Waals surface area contributed by atoms with Crippen LogP contribution >= 0.6 is 0 Å². The molecule has 1 heteroatoms. The van der Waals surface area contributed by atoms with Gasteiger partial charge in [-0.15, -0.1) is 0 Å². The molecule has 0 amide bonds. The Balaban J connectivity index is 2.23. The van der Waals surface area contributed by atoms with Crippen LogP contribution in [0.25, 0.3) is 0 Å². The van der Waals surface area contributed by atoms with E-state index in [1.54, 1.807) is 0 Å². The Bertz CT molecular complexity index is 140. The summed E-state index contributed by atoms with van der Waals surface area (Å²) in [5, 5.41) is 3.46. The van der Waals surface area contributed by atoms with E-state index in [4.69, 9.17) is 0 Å². The standard InChI is InChI=1S/C10H19N/c1-4-9(3)11-10-6-5-8(2)7-10/h8,10-11H,3-7H2,1-2H3. The van der Waals surface area contributed by atoms with Crippen molar-refractivity contribution >= 4 is 0 Å². The maximum atomic E-state index is 3.95. The third kappa shape index (κ3) is 2.57. The zero-order chi connectivity index (χ0) is 8.27. The molecule has 1 aliphatic rings. The molecule has 0 bridgehead atoms. The van der Waals surface area contributed by atoms with Gasteiger partial charge in [0.15, 0.2) is 0 Å². The van der Waals surface area contributed by atoms with Crippen LogP contribution in [0.5, 0.6) is 0 Å². The van der Waals surface area contributed by atoms with Gasteiger partial charge in [-0.1, -0.05) is 20.4 Å². The van der Waals surface area contributed by atoms with Gasteiger partial charge in [0, 0.05) is 11.7 Å². The van der Waals surface area contributed by atoms with E-state index in [1.165, 1.54) is 25.0 Å². The first-order valence-corrected chi connectivity index (χ1v) is 4.66. The summed E-state index contributed by atoms with van der Waals surface area (Å²) in [6, 6.07) is 0.720. The largest absolute Gasteiger partial charge is 0.386 e. The second-order valence-corrected chi connectivity index (χ2v) is 3.72. The smallest absolute Gasteiger partial charge is 0.0260 e. The minimum Gasteiger partial charge on any atom is -0.386 e. The molecule has 1 nitrogen and oxygen atoms in total. The van der Waals surface area contributed by atoms with Crippen molar-refractivity contribution in [3.05, 3.63) is 12.3 Å². The number of rotatable bonds is 3. The lowest BCUT2D eigenvalue weighted by Gasteiger charge is -2.14. The molecule has 0 saturated heterocycles. The summed E-state index contributed by atoms with van der Waals surface area (Å²) in [5.74, 6) is 0.914. The molecule has 1 aliphatic carbocycles. The average molecular weight is 153 g/mol. The minimum atomic E-state index is 0.720. The molecule has 1 rings (SSSR count). The van der Waals surface area contributed by atoms with Gasteiger partial charge in [-0.25, -0.2) is 0 Å². The third-order valence-corrected chi connectivity index (χ3v) is 2.53. The second kappa shape index (κ2) is 3.80. The predicted molar refractivity (Wildman–Crippen MR) is 49.4 cm³/mol. The summed E-state index contributed by atoms with van der Waals surface area (Å²) < 4.78 is 0. The zero-order valence-electron chi connectivity index (χ0n) is 7.69. The van der Waals surface area contributed by atoms with E-state index < -0.39 is 0 Å². The first-order valence-electron chi connectivity index (χ1n) is 4.66. The topological polar surface area (TPSA) is 12.0 Å². The molecule has 64 valence electrons. The van der Waals surface area contributed by atoms with Crippen LogP contribution in [0.3, 0.4) is 0 Å². The van der Waals surface area contributed by atoms with Gasteiger partial charge in [-0.3, -0.25) is 0 Å². The first kappa shape index (κ1) is 8.63. The summed E-state index contributed by atoms with van der Waals surface area (Å²) in [4.78, 5) is 0. The lowest BCUT2D eigenvalue weighted by atomic mass is 10.1. The highest BCUT2D eigenvalue weighted by Gasteiger charge is 2.20.